The molecule has 1 aromatic rings. The first kappa shape index (κ1) is 15.0. The summed E-state index contributed by atoms with van der Waals surface area (Å²) in [5.74, 6) is 1.43. The van der Waals surface area contributed by atoms with Gasteiger partial charge >= 0.3 is 0 Å². The Hall–Kier alpha value is -2.05. The van der Waals surface area contributed by atoms with E-state index in [-0.39, 0.29) is 18.4 Å². The first-order valence-corrected chi connectivity index (χ1v) is 6.43. The number of likely N-dealkylation sites (N-methyl/N-ethyl adjacent to an activating group) is 1. The van der Waals surface area contributed by atoms with Crippen molar-refractivity contribution in [2.45, 2.75) is 20.3 Å². The summed E-state index contributed by atoms with van der Waals surface area (Å²) in [6, 6.07) is 1.77. The van der Waals surface area contributed by atoms with Gasteiger partial charge in [0.2, 0.25) is 11.9 Å². The van der Waals surface area contributed by atoms with Crippen LogP contribution in [0.5, 0.6) is 0 Å². The molecule has 0 bridgehead atoms. The number of nitrogens with two attached hydrogens (primary N) is 1. The molecule has 0 unspecified atom stereocenters. The van der Waals surface area contributed by atoms with Crippen LogP contribution in [0.1, 0.15) is 20.3 Å². The molecule has 7 nitrogen and oxygen atoms in total. The summed E-state index contributed by atoms with van der Waals surface area (Å²) in [5, 5.41) is 5.89. The van der Waals surface area contributed by atoms with Crippen molar-refractivity contribution in [3.05, 3.63) is 6.07 Å². The second kappa shape index (κ2) is 7.40. The van der Waals surface area contributed by atoms with Crippen LogP contribution in [-0.2, 0) is 4.79 Å². The van der Waals surface area contributed by atoms with E-state index in [2.05, 4.69) is 20.6 Å². The van der Waals surface area contributed by atoms with Crippen LogP contribution in [0, 0.1) is 0 Å². The summed E-state index contributed by atoms with van der Waals surface area (Å²) in [4.78, 5) is 21.6. The van der Waals surface area contributed by atoms with Crippen LogP contribution in [0.4, 0.5) is 17.6 Å². The minimum Gasteiger partial charge on any atom is -0.370 e. The van der Waals surface area contributed by atoms with E-state index in [1.54, 1.807) is 18.0 Å². The highest BCUT2D eigenvalue weighted by Crippen LogP contribution is 2.15. The van der Waals surface area contributed by atoms with E-state index in [4.69, 9.17) is 5.73 Å². The van der Waals surface area contributed by atoms with Crippen LogP contribution in [0.25, 0.3) is 0 Å². The summed E-state index contributed by atoms with van der Waals surface area (Å²) < 4.78 is 0. The molecule has 0 saturated carbocycles. The van der Waals surface area contributed by atoms with E-state index in [0.717, 1.165) is 13.0 Å². The number of aromatic nitrogens is 2. The van der Waals surface area contributed by atoms with Gasteiger partial charge in [0.15, 0.2) is 0 Å². The fourth-order valence-electron chi connectivity index (χ4n) is 1.54. The van der Waals surface area contributed by atoms with Crippen molar-refractivity contribution in [3.8, 4) is 0 Å². The van der Waals surface area contributed by atoms with Gasteiger partial charge in [-0.3, -0.25) is 4.79 Å². The third-order valence-electron chi connectivity index (χ3n) is 2.43. The maximum absolute atomic E-state index is 11.6. The van der Waals surface area contributed by atoms with E-state index >= 15 is 0 Å². The fourth-order valence-corrected chi connectivity index (χ4v) is 1.54. The summed E-state index contributed by atoms with van der Waals surface area (Å²) in [5.41, 5.74) is 5.65. The molecular weight excluding hydrogens is 244 g/mol. The normalized spacial score (nSPS) is 10.1. The number of anilines is 3. The van der Waals surface area contributed by atoms with Gasteiger partial charge in [-0.2, -0.15) is 9.97 Å². The Morgan fingerprint density at radius 1 is 1.42 bits per heavy atom. The lowest BCUT2D eigenvalue weighted by Gasteiger charge is -2.18. The first-order valence-electron chi connectivity index (χ1n) is 6.43. The molecule has 1 heterocycles. The molecule has 0 aliphatic carbocycles. The molecule has 106 valence electrons. The quantitative estimate of drug-likeness (QED) is 0.663. The number of amides is 1. The van der Waals surface area contributed by atoms with E-state index in [0.29, 0.717) is 18.2 Å². The van der Waals surface area contributed by atoms with E-state index in [1.165, 1.54) is 0 Å². The summed E-state index contributed by atoms with van der Waals surface area (Å²) in [6.45, 7) is 5.65. The van der Waals surface area contributed by atoms with Crippen molar-refractivity contribution in [2.24, 2.45) is 0 Å². The first-order chi connectivity index (χ1) is 9.06. The Morgan fingerprint density at radius 2 is 2.16 bits per heavy atom. The van der Waals surface area contributed by atoms with Crippen LogP contribution in [0.2, 0.25) is 0 Å². The van der Waals surface area contributed by atoms with Crippen molar-refractivity contribution in [1.29, 1.82) is 0 Å². The van der Waals surface area contributed by atoms with Crippen LogP contribution >= 0.6 is 0 Å². The zero-order valence-electron chi connectivity index (χ0n) is 11.7. The van der Waals surface area contributed by atoms with Crippen molar-refractivity contribution < 1.29 is 4.79 Å². The molecule has 1 amide bonds. The van der Waals surface area contributed by atoms with E-state index in [1.807, 2.05) is 13.8 Å². The molecule has 0 aliphatic heterocycles. The fraction of sp³-hybridized carbons (Fsp3) is 0.583. The predicted octanol–water partition coefficient (Wildman–Crippen LogP) is 0.453. The zero-order valence-corrected chi connectivity index (χ0v) is 11.7. The highest BCUT2D eigenvalue weighted by Gasteiger charge is 2.10. The van der Waals surface area contributed by atoms with Crippen LogP contribution in [-0.4, -0.2) is 42.6 Å². The number of hydrogen-bond acceptors (Lipinski definition) is 6. The van der Waals surface area contributed by atoms with Gasteiger partial charge in [-0.1, -0.05) is 6.92 Å². The average molecular weight is 266 g/mol. The summed E-state index contributed by atoms with van der Waals surface area (Å²) >= 11 is 0. The monoisotopic (exact) mass is 266 g/mol. The number of carbonyl (C=O) groups excluding carboxylic acids is 1. The minimum atomic E-state index is -0.0356. The molecule has 0 saturated heterocycles. The third kappa shape index (κ3) is 4.99. The van der Waals surface area contributed by atoms with Gasteiger partial charge in [0, 0.05) is 26.2 Å². The van der Waals surface area contributed by atoms with Crippen molar-refractivity contribution in [3.63, 3.8) is 0 Å². The van der Waals surface area contributed by atoms with Crippen LogP contribution < -0.4 is 21.3 Å². The Balaban J connectivity index is 2.70. The maximum Gasteiger partial charge on any atom is 0.239 e. The molecule has 7 heteroatoms. The van der Waals surface area contributed by atoms with Gasteiger partial charge < -0.3 is 21.3 Å². The second-order valence-corrected chi connectivity index (χ2v) is 4.21. The molecule has 19 heavy (non-hydrogen) atoms. The molecular formula is C12H22N6O. The second-order valence-electron chi connectivity index (χ2n) is 4.21. The molecule has 1 aromatic heterocycles. The standard InChI is InChI=1S/C12H22N6O/c1-4-6-15-11(19)8-18(3)10-7-9(14-5-2)16-12(13)17-10/h7H,4-6,8H2,1-3H3,(H,15,19)(H3,13,14,16,17). The number of nitrogens with one attached hydrogen (secondary N) is 2. The van der Waals surface area contributed by atoms with Gasteiger partial charge in [0.05, 0.1) is 6.54 Å². The van der Waals surface area contributed by atoms with Crippen LogP contribution in [0.3, 0.4) is 0 Å². The lowest BCUT2D eigenvalue weighted by atomic mass is 10.4. The van der Waals surface area contributed by atoms with Gasteiger partial charge in [0.25, 0.3) is 0 Å². The predicted molar refractivity (Wildman–Crippen MR) is 77.2 cm³/mol. The lowest BCUT2D eigenvalue weighted by molar-refractivity contribution is -0.119. The molecule has 0 fully saturated rings. The molecule has 0 spiro atoms. The van der Waals surface area contributed by atoms with Gasteiger partial charge in [-0.25, -0.2) is 0 Å². The van der Waals surface area contributed by atoms with Crippen molar-refractivity contribution in [2.75, 3.05) is 42.6 Å². The molecule has 0 aliphatic rings. The van der Waals surface area contributed by atoms with Gasteiger partial charge in [0.1, 0.15) is 11.6 Å². The van der Waals surface area contributed by atoms with Crippen molar-refractivity contribution in [1.82, 2.24) is 15.3 Å². The topological polar surface area (TPSA) is 96.2 Å². The Bertz CT molecular complexity index is 423. The number of hydrogen-bond donors (Lipinski definition) is 3. The third-order valence-corrected chi connectivity index (χ3v) is 2.43. The smallest absolute Gasteiger partial charge is 0.239 e. The molecule has 1 rings (SSSR count). The Morgan fingerprint density at radius 3 is 2.79 bits per heavy atom. The maximum atomic E-state index is 11.6. The summed E-state index contributed by atoms with van der Waals surface area (Å²) in [7, 11) is 1.79. The lowest BCUT2D eigenvalue weighted by Crippen LogP contribution is -2.36. The highest BCUT2D eigenvalue weighted by molar-refractivity contribution is 5.81. The van der Waals surface area contributed by atoms with Gasteiger partial charge in [-0.05, 0) is 13.3 Å². The molecule has 4 N–H and O–H groups in total. The number of nitrogen functional groups attached to an aromatic ring is 1. The summed E-state index contributed by atoms with van der Waals surface area (Å²) in [6.07, 6.45) is 0.917. The van der Waals surface area contributed by atoms with Crippen molar-refractivity contribution >= 4 is 23.5 Å². The number of nitrogens with zero attached hydrogens (tertiary/aromatic N) is 3. The minimum absolute atomic E-state index is 0.0356. The Kier molecular flexibility index (Phi) is 5.84. The number of rotatable bonds is 7. The van der Waals surface area contributed by atoms with Gasteiger partial charge in [-0.15, -0.1) is 0 Å². The molecule has 0 radical (unpaired) electrons. The largest absolute Gasteiger partial charge is 0.370 e. The molecule has 0 atom stereocenters. The van der Waals surface area contributed by atoms with E-state index in [9.17, 15) is 4.79 Å². The number of carbonyl (C=O) groups is 1. The SMILES string of the molecule is CCCNC(=O)CN(C)c1cc(NCC)nc(N)n1. The van der Waals surface area contributed by atoms with E-state index < -0.39 is 0 Å². The highest BCUT2D eigenvalue weighted by atomic mass is 16.2. The average Bonchev–Trinajstić information content (AvgIpc) is 2.36. The Labute approximate surface area is 113 Å². The van der Waals surface area contributed by atoms with Crippen LogP contribution in [0.15, 0.2) is 6.07 Å². The molecule has 0 aromatic carbocycles. The zero-order chi connectivity index (χ0) is 14.3.